The van der Waals surface area contributed by atoms with Crippen molar-refractivity contribution in [2.24, 2.45) is 0 Å². The fourth-order valence-corrected chi connectivity index (χ4v) is 9.04. The first-order valence-corrected chi connectivity index (χ1v) is 26.6. The number of phosphoric acid groups is 2. The van der Waals surface area contributed by atoms with Crippen LogP contribution >= 0.6 is 15.6 Å². The average Bonchev–Trinajstić information content (AvgIpc) is 3.21. The first-order chi connectivity index (χ1) is 29.1. The first-order valence-electron chi connectivity index (χ1n) is 23.6. The third kappa shape index (κ3) is 30.0. The van der Waals surface area contributed by atoms with E-state index in [1.54, 1.807) is 0 Å². The summed E-state index contributed by atoms with van der Waals surface area (Å²) in [4.78, 5) is 54.2. The highest BCUT2D eigenvalue weighted by atomic mass is 31.2. The minimum Gasteiger partial charge on any atom is -0.462 e. The molecule has 1 fully saturated rings. The minimum absolute atomic E-state index is 0.0518. The molecule has 1 saturated carbocycles. The number of hydrogen-bond acceptors (Lipinski definition) is 13. The Morgan fingerprint density at radius 3 is 1.18 bits per heavy atom. The molecule has 8 unspecified atom stereocenters. The second kappa shape index (κ2) is 35.3. The summed E-state index contributed by atoms with van der Waals surface area (Å²) in [7, 11) is -10.7. The molecule has 0 aromatic heterocycles. The van der Waals surface area contributed by atoms with Gasteiger partial charge in [0.15, 0.2) is 6.10 Å². The van der Waals surface area contributed by atoms with Crippen LogP contribution < -0.4 is 0 Å². The van der Waals surface area contributed by atoms with Gasteiger partial charge in [0, 0.05) is 12.8 Å². The number of ether oxygens (including phenoxy) is 2. The van der Waals surface area contributed by atoms with Gasteiger partial charge in [-0.3, -0.25) is 23.2 Å². The second-order valence-corrected chi connectivity index (χ2v) is 19.4. The maximum absolute atomic E-state index is 13.0. The predicted molar refractivity (Wildman–Crippen MR) is 232 cm³/mol. The summed E-state index contributed by atoms with van der Waals surface area (Å²) >= 11 is 0. The van der Waals surface area contributed by atoms with Crippen LogP contribution in [0.1, 0.15) is 206 Å². The van der Waals surface area contributed by atoms with Crippen molar-refractivity contribution in [1.29, 1.82) is 0 Å². The molecule has 1 aliphatic carbocycles. The molecule has 0 saturated heterocycles. The third-order valence-electron chi connectivity index (χ3n) is 11.2. The summed E-state index contributed by atoms with van der Waals surface area (Å²) in [5.41, 5.74) is 0. The van der Waals surface area contributed by atoms with Crippen LogP contribution in [-0.4, -0.2) is 103 Å². The van der Waals surface area contributed by atoms with Gasteiger partial charge in [-0.05, 0) is 12.8 Å². The Bertz CT molecular complexity index is 1200. The van der Waals surface area contributed by atoms with E-state index in [-0.39, 0.29) is 12.8 Å². The molecule has 0 bridgehead atoms. The maximum atomic E-state index is 13.0. The van der Waals surface area contributed by atoms with Gasteiger partial charge in [-0.25, -0.2) is 9.13 Å². The van der Waals surface area contributed by atoms with E-state index >= 15 is 0 Å². The van der Waals surface area contributed by atoms with Crippen LogP contribution in [0.4, 0.5) is 0 Å². The summed E-state index contributed by atoms with van der Waals surface area (Å²) in [5, 5.41) is 41.2. The largest absolute Gasteiger partial charge is 0.472 e. The van der Waals surface area contributed by atoms with Crippen LogP contribution in [0.2, 0.25) is 0 Å². The Morgan fingerprint density at radius 1 is 0.459 bits per heavy atom. The quantitative estimate of drug-likeness (QED) is 0.0172. The number of rotatable bonds is 40. The van der Waals surface area contributed by atoms with Crippen LogP contribution in [0, 0.1) is 0 Å². The Morgan fingerprint density at radius 2 is 0.803 bits per heavy atom. The number of carbonyl (C=O) groups is 2. The van der Waals surface area contributed by atoms with Crippen LogP contribution in [0.3, 0.4) is 0 Å². The molecule has 362 valence electrons. The normalized spacial score (nSPS) is 22.2. The minimum atomic E-state index is -5.36. The molecule has 16 nitrogen and oxygen atoms in total. The lowest BCUT2D eigenvalue weighted by molar-refractivity contribution is -0.216. The van der Waals surface area contributed by atoms with Crippen LogP contribution in [0.15, 0.2) is 0 Å². The highest BCUT2D eigenvalue weighted by Crippen LogP contribution is 2.49. The molecular weight excluding hydrogens is 834 g/mol. The van der Waals surface area contributed by atoms with E-state index in [1.807, 2.05) is 0 Å². The van der Waals surface area contributed by atoms with Gasteiger partial charge in [-0.1, -0.05) is 181 Å². The van der Waals surface area contributed by atoms with Crippen LogP contribution in [0.5, 0.6) is 0 Å². The Kier molecular flexibility index (Phi) is 33.6. The number of carbonyl (C=O) groups excluding carboxylic acids is 2. The second-order valence-electron chi connectivity index (χ2n) is 16.8. The molecule has 1 aliphatic rings. The summed E-state index contributed by atoms with van der Waals surface area (Å²) in [6.45, 7) is 3.12. The number of phosphoric ester groups is 2. The van der Waals surface area contributed by atoms with Crippen molar-refractivity contribution in [3.8, 4) is 0 Å². The lowest BCUT2D eigenvalue weighted by Crippen LogP contribution is -2.64. The van der Waals surface area contributed by atoms with Crippen molar-refractivity contribution in [2.45, 2.75) is 249 Å². The monoisotopic (exact) mass is 919 g/mol. The molecule has 0 radical (unpaired) electrons. The predicted octanol–water partition coefficient (Wildman–Crippen LogP) is 8.62. The van der Waals surface area contributed by atoms with E-state index in [2.05, 4.69) is 18.4 Å². The zero-order valence-electron chi connectivity index (χ0n) is 37.4. The van der Waals surface area contributed by atoms with Gasteiger partial charge in [0.05, 0.1) is 6.61 Å². The molecule has 0 amide bonds. The van der Waals surface area contributed by atoms with E-state index in [0.717, 1.165) is 51.4 Å². The molecule has 1 rings (SSSR count). The van der Waals surface area contributed by atoms with Crippen molar-refractivity contribution >= 4 is 27.6 Å². The molecule has 0 spiro atoms. The third-order valence-corrected chi connectivity index (χ3v) is 12.7. The number of unbranched alkanes of at least 4 members (excludes halogenated alkanes) is 26. The number of aliphatic hydroxyl groups is 4. The lowest BCUT2D eigenvalue weighted by atomic mass is 9.85. The highest BCUT2D eigenvalue weighted by molar-refractivity contribution is 7.47. The number of aliphatic hydroxyl groups excluding tert-OH is 4. The molecule has 18 heteroatoms. The van der Waals surface area contributed by atoms with Gasteiger partial charge in [-0.15, -0.1) is 0 Å². The first kappa shape index (κ1) is 58.0. The smallest absolute Gasteiger partial charge is 0.462 e. The Labute approximate surface area is 366 Å². The fraction of sp³-hybridized carbons (Fsp3) is 0.953. The van der Waals surface area contributed by atoms with E-state index < -0.39 is 83.5 Å². The molecule has 0 aromatic rings. The summed E-state index contributed by atoms with van der Waals surface area (Å²) in [5.74, 6) is -1.19. The molecule has 0 aliphatic heterocycles. The molecule has 61 heavy (non-hydrogen) atoms. The van der Waals surface area contributed by atoms with Crippen molar-refractivity contribution < 1.29 is 76.9 Å². The Balaban J connectivity index is 2.58. The summed E-state index contributed by atoms with van der Waals surface area (Å²) in [6.07, 6.45) is 17.8. The SMILES string of the molecule is CCCCCCCCCCCCCCCCCC(=O)OCC(COP(=O)(O)OC1C(O)C(O)C(O)C(OP(=O)(O)O)C1O)OC(=O)CCCCCCCCCCCCCCC. The van der Waals surface area contributed by atoms with Crippen molar-refractivity contribution in [3.05, 3.63) is 0 Å². The van der Waals surface area contributed by atoms with Gasteiger partial charge in [0.25, 0.3) is 0 Å². The van der Waals surface area contributed by atoms with Gasteiger partial charge in [0.1, 0.15) is 43.2 Å². The van der Waals surface area contributed by atoms with Crippen LogP contribution in [0.25, 0.3) is 0 Å². The average molecular weight is 919 g/mol. The van der Waals surface area contributed by atoms with Crippen LogP contribution in [-0.2, 0) is 41.8 Å². The molecular formula is C43H84O16P2. The molecule has 0 heterocycles. The van der Waals surface area contributed by atoms with Crippen molar-refractivity contribution in [1.82, 2.24) is 0 Å². The van der Waals surface area contributed by atoms with Gasteiger partial charge in [0.2, 0.25) is 0 Å². The molecule has 7 N–H and O–H groups in total. The highest BCUT2D eigenvalue weighted by Gasteiger charge is 2.54. The fourth-order valence-electron chi connectivity index (χ4n) is 7.50. The van der Waals surface area contributed by atoms with E-state index in [9.17, 15) is 44.0 Å². The molecule has 8 atom stereocenters. The van der Waals surface area contributed by atoms with E-state index in [4.69, 9.17) is 28.3 Å². The zero-order valence-corrected chi connectivity index (χ0v) is 39.2. The summed E-state index contributed by atoms with van der Waals surface area (Å²) in [6, 6.07) is 0. The maximum Gasteiger partial charge on any atom is 0.472 e. The van der Waals surface area contributed by atoms with E-state index in [0.29, 0.717) is 12.8 Å². The van der Waals surface area contributed by atoms with Gasteiger partial charge in [-0.2, -0.15) is 0 Å². The van der Waals surface area contributed by atoms with E-state index in [1.165, 1.54) is 116 Å². The standard InChI is InChI=1S/C43H84O16P2/c1-3-5-7-9-11-13-15-17-18-20-21-23-25-27-29-31-36(44)55-33-35(57-37(45)32-30-28-26-24-22-19-16-14-12-10-8-6-4-2)34-56-61(53,54)59-43-40(48)38(46)39(47)42(41(43)49)58-60(50,51)52/h35,38-43,46-49H,3-34H2,1-2H3,(H,53,54)(H2,50,51,52). The number of hydrogen-bond donors (Lipinski definition) is 7. The number of esters is 2. The summed E-state index contributed by atoms with van der Waals surface area (Å²) < 4.78 is 49.3. The van der Waals surface area contributed by atoms with Crippen molar-refractivity contribution in [3.63, 3.8) is 0 Å². The Hall–Kier alpha value is -1.00. The van der Waals surface area contributed by atoms with Gasteiger partial charge >= 0.3 is 27.6 Å². The topological polar surface area (TPSA) is 256 Å². The molecule has 0 aromatic carbocycles. The lowest BCUT2D eigenvalue weighted by Gasteiger charge is -2.43. The van der Waals surface area contributed by atoms with Crippen molar-refractivity contribution in [2.75, 3.05) is 13.2 Å². The zero-order chi connectivity index (χ0) is 45.4. The van der Waals surface area contributed by atoms with Gasteiger partial charge < -0.3 is 44.6 Å².